The van der Waals surface area contributed by atoms with Crippen molar-refractivity contribution in [3.05, 3.63) is 71.3 Å². The minimum absolute atomic E-state index is 0.0488. The molecule has 0 saturated carbocycles. The first kappa shape index (κ1) is 52.5. The largest absolute Gasteiger partial charge is 0.480 e. The lowest BCUT2D eigenvalue weighted by Crippen LogP contribution is -2.60. The van der Waals surface area contributed by atoms with E-state index in [1.807, 2.05) is 71.7 Å². The molecule has 350 valence electrons. The second-order valence-electron chi connectivity index (χ2n) is 17.8. The van der Waals surface area contributed by atoms with Gasteiger partial charge in [0.05, 0.1) is 48.2 Å². The average Bonchev–Trinajstić information content (AvgIpc) is 3.74. The van der Waals surface area contributed by atoms with Gasteiger partial charge >= 0.3 is 11.9 Å². The summed E-state index contributed by atoms with van der Waals surface area (Å²) in [5.74, 6) is -4.66. The number of nitrogens with zero attached hydrogens (tertiary/aromatic N) is 3. The SMILES string of the molecule is CC[C@H](C)[C@@H]([C@@H](CC(=O)N1CCC[C@H]1[C@H](OC)[C@@H](C)C(=O)N[C@@H](Cc1ccccc1)C(=O)O)OC)N(C)C(=O)[C@@H](NC(=O)C(C(C)C)N(C)CCc1ccc(C(=O)O)cc1)C(C)C. The number of hydrogen-bond acceptors (Lipinski definition) is 9. The summed E-state index contributed by atoms with van der Waals surface area (Å²) < 4.78 is 11.9. The number of nitrogens with one attached hydrogen (secondary N) is 2. The van der Waals surface area contributed by atoms with Crippen LogP contribution in [0.2, 0.25) is 0 Å². The molecule has 1 aliphatic rings. The van der Waals surface area contributed by atoms with Crippen molar-refractivity contribution in [2.24, 2.45) is 23.7 Å². The number of amides is 4. The van der Waals surface area contributed by atoms with Crippen LogP contribution in [0.5, 0.6) is 0 Å². The fraction of sp³-hybridized carbons (Fsp3) is 0.625. The maximum Gasteiger partial charge on any atom is 0.335 e. The second-order valence-corrected chi connectivity index (χ2v) is 17.8. The molecule has 0 aliphatic carbocycles. The van der Waals surface area contributed by atoms with Gasteiger partial charge in [-0.25, -0.2) is 9.59 Å². The lowest BCUT2D eigenvalue weighted by molar-refractivity contribution is -0.148. The Kier molecular flexibility index (Phi) is 20.7. The summed E-state index contributed by atoms with van der Waals surface area (Å²) in [5.41, 5.74) is 1.92. The Balaban J connectivity index is 1.76. The number of carboxylic acid groups (broad SMARTS) is 2. The predicted molar refractivity (Wildman–Crippen MR) is 241 cm³/mol. The van der Waals surface area contributed by atoms with Gasteiger partial charge in [0.1, 0.15) is 12.1 Å². The number of aromatic carboxylic acids is 1. The summed E-state index contributed by atoms with van der Waals surface area (Å²) in [4.78, 5) is 85.2. The van der Waals surface area contributed by atoms with E-state index in [1.54, 1.807) is 60.2 Å². The van der Waals surface area contributed by atoms with Gasteiger partial charge in [0.2, 0.25) is 23.6 Å². The van der Waals surface area contributed by atoms with E-state index in [0.717, 1.165) is 11.1 Å². The number of aliphatic carboxylic acids is 1. The van der Waals surface area contributed by atoms with Gasteiger partial charge in [0.25, 0.3) is 0 Å². The Morgan fingerprint density at radius 1 is 0.825 bits per heavy atom. The van der Waals surface area contributed by atoms with Gasteiger partial charge in [-0.15, -0.1) is 0 Å². The third-order valence-corrected chi connectivity index (χ3v) is 12.7. The zero-order valence-corrected chi connectivity index (χ0v) is 39.2. The number of hydrogen-bond donors (Lipinski definition) is 4. The first-order valence-corrected chi connectivity index (χ1v) is 22.3. The molecule has 15 heteroatoms. The predicted octanol–water partition coefficient (Wildman–Crippen LogP) is 4.76. The van der Waals surface area contributed by atoms with Crippen molar-refractivity contribution in [2.45, 2.75) is 129 Å². The Morgan fingerprint density at radius 3 is 1.98 bits per heavy atom. The summed E-state index contributed by atoms with van der Waals surface area (Å²) in [7, 11) is 6.57. The fourth-order valence-electron chi connectivity index (χ4n) is 8.90. The minimum atomic E-state index is -1.15. The van der Waals surface area contributed by atoms with Crippen molar-refractivity contribution in [2.75, 3.05) is 41.4 Å². The van der Waals surface area contributed by atoms with Gasteiger partial charge in [-0.3, -0.25) is 24.1 Å². The molecular weight excluding hydrogens is 807 g/mol. The van der Waals surface area contributed by atoms with Crippen LogP contribution < -0.4 is 10.6 Å². The molecule has 15 nitrogen and oxygen atoms in total. The number of benzene rings is 2. The smallest absolute Gasteiger partial charge is 0.335 e. The van der Waals surface area contributed by atoms with E-state index in [0.29, 0.717) is 38.8 Å². The average molecular weight is 880 g/mol. The third-order valence-electron chi connectivity index (χ3n) is 12.7. The first-order valence-electron chi connectivity index (χ1n) is 22.3. The van der Waals surface area contributed by atoms with Crippen molar-refractivity contribution >= 4 is 35.6 Å². The zero-order valence-electron chi connectivity index (χ0n) is 39.2. The number of methoxy groups -OCH3 is 2. The molecule has 63 heavy (non-hydrogen) atoms. The number of likely N-dealkylation sites (N-methyl/N-ethyl adjacent to an activating group) is 2. The lowest BCUT2D eigenvalue weighted by atomic mass is 9.89. The van der Waals surface area contributed by atoms with E-state index in [9.17, 15) is 39.0 Å². The van der Waals surface area contributed by atoms with E-state index in [1.165, 1.54) is 14.2 Å². The molecular formula is C48H73N5O10. The molecule has 0 aromatic heterocycles. The van der Waals surface area contributed by atoms with Gasteiger partial charge in [-0.1, -0.05) is 97.4 Å². The standard InChI is InChI=1S/C48H73N5O10/c1-12-31(6)42(52(9)46(57)40(29(2)3)50-45(56)41(30(4)5)51(8)26-24-33-20-22-35(23-21-33)47(58)59)38(62-10)28-39(54)53-25-16-19-37(53)43(63-11)32(7)44(55)49-36(48(60)61)27-34-17-14-13-15-18-34/h13-15,17-18,20-23,29-32,36-38,40-43H,12,16,19,24-28H2,1-11H3,(H,49,55)(H,50,56)(H,58,59)(H,60,61)/t31-,32+,36-,37-,38+,40-,41?,42-,43+/m0/s1. The molecule has 0 radical (unpaired) electrons. The van der Waals surface area contributed by atoms with Crippen molar-refractivity contribution in [1.29, 1.82) is 0 Å². The molecule has 1 heterocycles. The highest BCUT2D eigenvalue weighted by Crippen LogP contribution is 2.30. The highest BCUT2D eigenvalue weighted by molar-refractivity contribution is 5.90. The van der Waals surface area contributed by atoms with E-state index in [-0.39, 0.29) is 53.9 Å². The Hall–Kier alpha value is -4.86. The van der Waals surface area contributed by atoms with Crippen LogP contribution in [0.25, 0.3) is 0 Å². The molecule has 1 saturated heterocycles. The summed E-state index contributed by atoms with van der Waals surface area (Å²) in [5, 5.41) is 24.9. The van der Waals surface area contributed by atoms with Gasteiger partial charge < -0.3 is 40.1 Å². The number of ether oxygens (including phenoxy) is 2. The van der Waals surface area contributed by atoms with Gasteiger partial charge in [0.15, 0.2) is 0 Å². The maximum atomic E-state index is 14.5. The number of carbonyl (C=O) groups is 6. The van der Waals surface area contributed by atoms with Crippen LogP contribution >= 0.6 is 0 Å². The topological polar surface area (TPSA) is 195 Å². The quantitative estimate of drug-likeness (QED) is 0.108. The van der Waals surface area contributed by atoms with E-state index in [2.05, 4.69) is 10.6 Å². The minimum Gasteiger partial charge on any atom is -0.480 e. The number of likely N-dealkylation sites (tertiary alicyclic amines) is 1. The molecule has 4 N–H and O–H groups in total. The third kappa shape index (κ3) is 14.3. The Morgan fingerprint density at radius 2 is 1.46 bits per heavy atom. The number of carboxylic acids is 2. The van der Waals surface area contributed by atoms with E-state index < -0.39 is 66.2 Å². The van der Waals surface area contributed by atoms with Crippen molar-refractivity contribution in [1.82, 2.24) is 25.3 Å². The normalized spacial score (nSPS) is 17.9. The Bertz CT molecular complexity index is 1810. The maximum absolute atomic E-state index is 14.5. The van der Waals surface area contributed by atoms with Crippen LogP contribution in [0, 0.1) is 23.7 Å². The summed E-state index contributed by atoms with van der Waals surface area (Å²) in [6.45, 7) is 14.3. The van der Waals surface area contributed by atoms with Crippen molar-refractivity contribution in [3.63, 3.8) is 0 Å². The Labute approximate surface area is 374 Å². The number of rotatable bonds is 25. The molecule has 4 amide bonds. The highest BCUT2D eigenvalue weighted by atomic mass is 16.5. The lowest BCUT2D eigenvalue weighted by Gasteiger charge is -2.41. The van der Waals surface area contributed by atoms with Crippen LogP contribution in [0.1, 0.15) is 95.6 Å². The molecule has 1 fully saturated rings. The van der Waals surface area contributed by atoms with Crippen LogP contribution in [0.15, 0.2) is 54.6 Å². The van der Waals surface area contributed by atoms with Crippen LogP contribution in [0.3, 0.4) is 0 Å². The molecule has 9 atom stereocenters. The number of carbonyl (C=O) groups excluding carboxylic acids is 4. The van der Waals surface area contributed by atoms with Gasteiger partial charge in [-0.05, 0) is 67.3 Å². The molecule has 1 aliphatic heterocycles. The summed E-state index contributed by atoms with van der Waals surface area (Å²) in [6, 6.07) is 12.2. The molecule has 1 unspecified atom stereocenters. The highest BCUT2D eigenvalue weighted by Gasteiger charge is 2.43. The monoisotopic (exact) mass is 880 g/mol. The molecule has 0 spiro atoms. The summed E-state index contributed by atoms with van der Waals surface area (Å²) >= 11 is 0. The van der Waals surface area contributed by atoms with E-state index in [4.69, 9.17) is 9.47 Å². The molecule has 2 aromatic rings. The van der Waals surface area contributed by atoms with Crippen molar-refractivity contribution in [3.8, 4) is 0 Å². The van der Waals surface area contributed by atoms with Crippen LogP contribution in [0.4, 0.5) is 0 Å². The second kappa shape index (κ2) is 24.8. The van der Waals surface area contributed by atoms with Gasteiger partial charge in [0, 0.05) is 40.8 Å². The van der Waals surface area contributed by atoms with Gasteiger partial charge in [-0.2, -0.15) is 0 Å². The summed E-state index contributed by atoms with van der Waals surface area (Å²) in [6.07, 6.45) is 1.19. The fourth-order valence-corrected chi connectivity index (χ4v) is 8.90. The molecule has 0 bridgehead atoms. The first-order chi connectivity index (χ1) is 29.8. The van der Waals surface area contributed by atoms with Crippen LogP contribution in [-0.4, -0.2) is 144 Å². The molecule has 3 rings (SSSR count). The molecule has 2 aromatic carbocycles. The van der Waals surface area contributed by atoms with Crippen molar-refractivity contribution < 1.29 is 48.5 Å². The van der Waals surface area contributed by atoms with Crippen LogP contribution in [-0.2, 0) is 46.3 Å². The van der Waals surface area contributed by atoms with E-state index >= 15 is 0 Å². The zero-order chi connectivity index (χ0) is 47.1.